The Labute approximate surface area is 139 Å². The summed E-state index contributed by atoms with van der Waals surface area (Å²) in [4.78, 5) is 12.3. The van der Waals surface area contributed by atoms with Crippen molar-refractivity contribution < 1.29 is 14.3 Å². The molecule has 108 valence electrons. The van der Waals surface area contributed by atoms with Gasteiger partial charge in [-0.2, -0.15) is 0 Å². The highest BCUT2D eigenvalue weighted by atomic mass is 79.9. The summed E-state index contributed by atoms with van der Waals surface area (Å²) < 4.78 is 12.9. The summed E-state index contributed by atoms with van der Waals surface area (Å²) in [6.45, 7) is 0. The van der Waals surface area contributed by atoms with Gasteiger partial charge in [-0.25, -0.2) is 0 Å². The van der Waals surface area contributed by atoms with Gasteiger partial charge in [-0.1, -0.05) is 22.0 Å². The highest BCUT2D eigenvalue weighted by Gasteiger charge is 2.28. The second kappa shape index (κ2) is 5.81. The third kappa shape index (κ3) is 2.85. The number of ether oxygens (including phenoxy) is 2. The lowest BCUT2D eigenvalue weighted by Crippen LogP contribution is -2.20. The van der Waals surface area contributed by atoms with Gasteiger partial charge in [-0.3, -0.25) is 4.79 Å². The maximum absolute atomic E-state index is 12.3. The third-order valence-electron chi connectivity index (χ3n) is 3.43. The van der Waals surface area contributed by atoms with Crippen LogP contribution in [-0.4, -0.2) is 12.9 Å². The van der Waals surface area contributed by atoms with Crippen molar-refractivity contribution in [3.05, 3.63) is 56.5 Å². The lowest BCUT2D eigenvalue weighted by atomic mass is 9.96. The molecule has 0 radical (unpaired) electrons. The van der Waals surface area contributed by atoms with Crippen LogP contribution in [0.3, 0.4) is 0 Å². The van der Waals surface area contributed by atoms with Crippen LogP contribution in [0.25, 0.3) is 0 Å². The Balaban J connectivity index is 1.95. The highest BCUT2D eigenvalue weighted by molar-refractivity contribution is 9.10. The summed E-state index contributed by atoms with van der Waals surface area (Å²) in [6, 6.07) is 11.2. The molecule has 2 aromatic carbocycles. The van der Waals surface area contributed by atoms with E-state index in [1.54, 1.807) is 13.2 Å². The maximum Gasteiger partial charge on any atom is 0.170 e. The molecule has 0 aromatic heterocycles. The van der Waals surface area contributed by atoms with Crippen LogP contribution in [0.15, 0.2) is 45.3 Å². The smallest absolute Gasteiger partial charge is 0.170 e. The van der Waals surface area contributed by atoms with Crippen molar-refractivity contribution in [3.63, 3.8) is 0 Å². The fraction of sp³-hybridized carbons (Fsp3) is 0.188. The Kier molecular flexibility index (Phi) is 4.04. The van der Waals surface area contributed by atoms with E-state index in [1.807, 2.05) is 30.3 Å². The Morgan fingerprint density at radius 3 is 2.71 bits per heavy atom. The zero-order chi connectivity index (χ0) is 15.0. The molecule has 1 unspecified atom stereocenters. The molecule has 21 heavy (non-hydrogen) atoms. The van der Waals surface area contributed by atoms with E-state index in [0.717, 1.165) is 20.3 Å². The van der Waals surface area contributed by atoms with Crippen LogP contribution in [0.2, 0.25) is 0 Å². The SMILES string of the molecule is COc1ccc(C2CC(=O)c3ccc(Br)cc3O2)cc1Br. The minimum Gasteiger partial charge on any atom is -0.496 e. The molecule has 0 fully saturated rings. The van der Waals surface area contributed by atoms with Gasteiger partial charge in [-0.15, -0.1) is 0 Å². The zero-order valence-corrected chi connectivity index (χ0v) is 14.4. The van der Waals surface area contributed by atoms with Crippen LogP contribution in [-0.2, 0) is 0 Å². The van der Waals surface area contributed by atoms with Crippen molar-refractivity contribution in [2.75, 3.05) is 7.11 Å². The van der Waals surface area contributed by atoms with E-state index in [4.69, 9.17) is 9.47 Å². The van der Waals surface area contributed by atoms with Crippen LogP contribution < -0.4 is 9.47 Å². The number of hydrogen-bond donors (Lipinski definition) is 0. The second-order valence-corrected chi connectivity index (χ2v) is 6.54. The van der Waals surface area contributed by atoms with Gasteiger partial charge in [0.1, 0.15) is 17.6 Å². The summed E-state index contributed by atoms with van der Waals surface area (Å²) >= 11 is 6.86. The number of Topliss-reactive ketones (excluding diaryl/α,β-unsaturated/α-hetero) is 1. The first-order valence-electron chi connectivity index (χ1n) is 6.41. The van der Waals surface area contributed by atoms with Crippen LogP contribution in [0.4, 0.5) is 0 Å². The van der Waals surface area contributed by atoms with Gasteiger partial charge in [0.2, 0.25) is 0 Å². The number of ketones is 1. The number of carbonyl (C=O) groups excluding carboxylic acids is 1. The molecule has 1 atom stereocenters. The van der Waals surface area contributed by atoms with E-state index >= 15 is 0 Å². The first-order valence-corrected chi connectivity index (χ1v) is 8.00. The van der Waals surface area contributed by atoms with Crippen molar-refractivity contribution >= 4 is 37.6 Å². The van der Waals surface area contributed by atoms with Crippen molar-refractivity contribution in [2.45, 2.75) is 12.5 Å². The fourth-order valence-electron chi connectivity index (χ4n) is 2.37. The summed E-state index contributed by atoms with van der Waals surface area (Å²) in [7, 11) is 1.62. The fourth-order valence-corrected chi connectivity index (χ4v) is 3.26. The monoisotopic (exact) mass is 410 g/mol. The van der Waals surface area contributed by atoms with E-state index in [9.17, 15) is 4.79 Å². The van der Waals surface area contributed by atoms with Crippen LogP contribution in [0.5, 0.6) is 11.5 Å². The molecule has 3 rings (SSSR count). The van der Waals surface area contributed by atoms with Gasteiger partial charge >= 0.3 is 0 Å². The maximum atomic E-state index is 12.3. The number of methoxy groups -OCH3 is 1. The summed E-state index contributed by atoms with van der Waals surface area (Å²) in [5.41, 5.74) is 1.59. The molecule has 1 aliphatic heterocycles. The van der Waals surface area contributed by atoms with Crippen molar-refractivity contribution in [2.24, 2.45) is 0 Å². The lowest BCUT2D eigenvalue weighted by Gasteiger charge is -2.26. The summed E-state index contributed by atoms with van der Waals surface area (Å²) in [5.74, 6) is 1.47. The molecule has 0 saturated heterocycles. The summed E-state index contributed by atoms with van der Waals surface area (Å²) in [5, 5.41) is 0. The van der Waals surface area contributed by atoms with Gasteiger partial charge in [-0.05, 0) is 51.8 Å². The molecular formula is C16H12Br2O3. The standard InChI is InChI=1S/C16H12Br2O3/c1-20-14-5-2-9(6-12(14)18)15-8-13(19)11-4-3-10(17)7-16(11)21-15/h2-7,15H,8H2,1H3. The number of hydrogen-bond acceptors (Lipinski definition) is 3. The molecule has 0 saturated carbocycles. The number of halogens is 2. The summed E-state index contributed by atoms with van der Waals surface area (Å²) in [6.07, 6.45) is 0.0643. The van der Waals surface area contributed by atoms with E-state index in [1.165, 1.54) is 0 Å². The number of carbonyl (C=O) groups is 1. The van der Waals surface area contributed by atoms with E-state index in [0.29, 0.717) is 17.7 Å². The topological polar surface area (TPSA) is 35.5 Å². The molecule has 1 aliphatic rings. The molecular weight excluding hydrogens is 400 g/mol. The van der Waals surface area contributed by atoms with Crippen molar-refractivity contribution in [1.29, 1.82) is 0 Å². The number of benzene rings is 2. The minimum atomic E-state index is -0.276. The first kappa shape index (κ1) is 14.6. The van der Waals surface area contributed by atoms with Gasteiger partial charge in [0, 0.05) is 4.47 Å². The second-order valence-electron chi connectivity index (χ2n) is 4.77. The predicted molar refractivity (Wildman–Crippen MR) is 87.2 cm³/mol. The van der Waals surface area contributed by atoms with Crippen LogP contribution in [0, 0.1) is 0 Å². The number of fused-ring (bicyclic) bond motifs is 1. The van der Waals surface area contributed by atoms with E-state index in [-0.39, 0.29) is 11.9 Å². The molecule has 0 bridgehead atoms. The highest BCUT2D eigenvalue weighted by Crippen LogP contribution is 2.38. The molecule has 0 N–H and O–H groups in total. The van der Waals surface area contributed by atoms with Gasteiger partial charge in [0.25, 0.3) is 0 Å². The third-order valence-corrected chi connectivity index (χ3v) is 4.54. The minimum absolute atomic E-state index is 0.0979. The Morgan fingerprint density at radius 2 is 2.00 bits per heavy atom. The normalized spacial score (nSPS) is 17.1. The van der Waals surface area contributed by atoms with Gasteiger partial charge in [0.05, 0.1) is 23.6 Å². The quantitative estimate of drug-likeness (QED) is 0.702. The van der Waals surface area contributed by atoms with Gasteiger partial charge in [0.15, 0.2) is 5.78 Å². The lowest BCUT2D eigenvalue weighted by molar-refractivity contribution is 0.0850. The Morgan fingerprint density at radius 1 is 1.19 bits per heavy atom. The molecule has 5 heteroatoms. The van der Waals surface area contributed by atoms with Crippen molar-refractivity contribution in [1.82, 2.24) is 0 Å². The molecule has 3 nitrogen and oxygen atoms in total. The van der Waals surface area contributed by atoms with Crippen molar-refractivity contribution in [3.8, 4) is 11.5 Å². The Hall–Kier alpha value is -1.33. The first-order chi connectivity index (χ1) is 10.1. The largest absolute Gasteiger partial charge is 0.496 e. The average molecular weight is 412 g/mol. The predicted octanol–water partition coefficient (Wildman–Crippen LogP) is 4.93. The van der Waals surface area contributed by atoms with Gasteiger partial charge < -0.3 is 9.47 Å². The van der Waals surface area contributed by atoms with Crippen LogP contribution >= 0.6 is 31.9 Å². The molecule has 1 heterocycles. The van der Waals surface area contributed by atoms with Crippen LogP contribution in [0.1, 0.15) is 28.4 Å². The molecule has 0 amide bonds. The average Bonchev–Trinajstić information content (AvgIpc) is 2.46. The zero-order valence-electron chi connectivity index (χ0n) is 11.2. The molecule has 0 aliphatic carbocycles. The molecule has 2 aromatic rings. The van der Waals surface area contributed by atoms with E-state index < -0.39 is 0 Å². The Bertz CT molecular complexity index is 713. The van der Waals surface area contributed by atoms with E-state index in [2.05, 4.69) is 31.9 Å². The molecule has 0 spiro atoms. The number of rotatable bonds is 2.